The van der Waals surface area contributed by atoms with E-state index in [1.54, 1.807) is 16.8 Å². The summed E-state index contributed by atoms with van der Waals surface area (Å²) in [6, 6.07) is 7.28. The van der Waals surface area contributed by atoms with Crippen LogP contribution in [0.1, 0.15) is 89.9 Å². The van der Waals surface area contributed by atoms with E-state index in [-0.39, 0.29) is 43.9 Å². The Balaban J connectivity index is 1.14. The molecule has 2 N–H and O–H groups in total. The Morgan fingerprint density at radius 3 is 2.60 bits per heavy atom. The summed E-state index contributed by atoms with van der Waals surface area (Å²) < 4.78 is 14.6. The Morgan fingerprint density at radius 1 is 1.10 bits per heavy atom. The Bertz CT molecular complexity index is 2560. The van der Waals surface area contributed by atoms with Crippen molar-refractivity contribution in [2.24, 2.45) is 11.3 Å². The molecule has 4 aliphatic heterocycles. The minimum Gasteiger partial charge on any atom is -0.464 e. The maximum absolute atomic E-state index is 14.7. The number of likely N-dealkylation sites (tertiary alicyclic amines) is 1. The minimum absolute atomic E-state index is 0.0677. The summed E-state index contributed by atoms with van der Waals surface area (Å²) >= 11 is 1.41. The van der Waals surface area contributed by atoms with Gasteiger partial charge in [0.1, 0.15) is 18.1 Å². The number of esters is 1. The summed E-state index contributed by atoms with van der Waals surface area (Å²) in [5.41, 5.74) is 8.74. The van der Waals surface area contributed by atoms with Crippen molar-refractivity contribution in [2.75, 3.05) is 46.4 Å². The van der Waals surface area contributed by atoms with Crippen molar-refractivity contribution in [2.45, 2.75) is 117 Å². The highest BCUT2D eigenvalue weighted by Gasteiger charge is 2.55. The number of pyridine rings is 1. The van der Waals surface area contributed by atoms with Crippen LogP contribution in [0.25, 0.3) is 33.4 Å². The molecule has 3 fully saturated rings. The fourth-order valence-electron chi connectivity index (χ4n) is 10.2. The Morgan fingerprint density at radius 2 is 1.88 bits per heavy atom. The molecule has 0 aliphatic carbocycles. The number of hydrogen-bond donors (Lipinski definition) is 2. The van der Waals surface area contributed by atoms with E-state index >= 15 is 0 Å². The topological polar surface area (TPSA) is 172 Å². The van der Waals surface area contributed by atoms with Crippen molar-refractivity contribution in [1.82, 2.24) is 45.0 Å². The second kappa shape index (κ2) is 19.2. The van der Waals surface area contributed by atoms with Gasteiger partial charge in [-0.1, -0.05) is 54.2 Å². The van der Waals surface area contributed by atoms with Crippen LogP contribution in [0.15, 0.2) is 54.6 Å². The van der Waals surface area contributed by atoms with Crippen molar-refractivity contribution in [3.8, 4) is 22.5 Å². The number of carbonyl (C=O) groups excluding carboxylic acids is 5. The van der Waals surface area contributed by atoms with Crippen molar-refractivity contribution in [3.63, 3.8) is 0 Å². The zero-order chi connectivity index (χ0) is 47.9. The van der Waals surface area contributed by atoms with Gasteiger partial charge in [-0.15, -0.1) is 11.3 Å². The zero-order valence-corrected chi connectivity index (χ0v) is 40.9. The minimum atomic E-state index is -1.10. The number of cyclic esters (lactones) is 1. The first-order valence-electron chi connectivity index (χ1n) is 23.6. The smallest absolute Gasteiger partial charge is 0.324 e. The monoisotopic (exact) mass is 935 g/mol. The second-order valence-corrected chi connectivity index (χ2v) is 20.8. The normalized spacial score (nSPS) is 21.2. The summed E-state index contributed by atoms with van der Waals surface area (Å²) in [4.78, 5) is 84.6. The molecule has 4 aliphatic rings. The van der Waals surface area contributed by atoms with Gasteiger partial charge in [-0.2, -0.15) is 0 Å². The van der Waals surface area contributed by atoms with Gasteiger partial charge in [0.15, 0.2) is 5.72 Å². The molecule has 0 radical (unpaired) electrons. The lowest BCUT2D eigenvalue weighted by Gasteiger charge is -2.57. The molecule has 3 aromatic heterocycles. The van der Waals surface area contributed by atoms with Gasteiger partial charge in [0.25, 0.3) is 5.91 Å². The molecule has 3 atom stereocenters. The van der Waals surface area contributed by atoms with Crippen LogP contribution in [-0.4, -0.2) is 134 Å². The number of aryl methyl sites for hydroxylation is 1. The molecule has 7 heterocycles. The number of nitrogens with one attached hydrogen (secondary N) is 2. The third-order valence-corrected chi connectivity index (χ3v) is 14.4. The average Bonchev–Trinajstić information content (AvgIpc) is 3.90. The molecule has 5 amide bonds. The van der Waals surface area contributed by atoms with E-state index < -0.39 is 53.1 Å². The highest BCUT2D eigenvalue weighted by Crippen LogP contribution is 2.42. The van der Waals surface area contributed by atoms with Gasteiger partial charge in [0, 0.05) is 72.1 Å². The Kier molecular flexibility index (Phi) is 13.7. The van der Waals surface area contributed by atoms with Crippen LogP contribution < -0.4 is 10.7 Å². The van der Waals surface area contributed by atoms with E-state index in [2.05, 4.69) is 80.8 Å². The van der Waals surface area contributed by atoms with Gasteiger partial charge >= 0.3 is 12.0 Å². The lowest BCUT2D eigenvalue weighted by Crippen LogP contribution is -2.76. The molecule has 3 saturated heterocycles. The van der Waals surface area contributed by atoms with Crippen LogP contribution >= 0.6 is 11.3 Å². The number of likely N-dealkylation sites (N-methyl/N-ethyl adjacent to an activating group) is 1. The Hall–Kier alpha value is -5.65. The highest BCUT2D eigenvalue weighted by atomic mass is 32.1. The number of amides is 5. The first kappa shape index (κ1) is 47.8. The van der Waals surface area contributed by atoms with Crippen LogP contribution in [0.3, 0.4) is 0 Å². The van der Waals surface area contributed by atoms with Gasteiger partial charge in [-0.3, -0.25) is 34.1 Å². The lowest BCUT2D eigenvalue weighted by atomic mass is 9.84. The zero-order valence-electron chi connectivity index (χ0n) is 40.1. The van der Waals surface area contributed by atoms with Gasteiger partial charge in [0.2, 0.25) is 11.8 Å². The number of fused-ring (bicyclic) bond motifs is 6. The number of rotatable bonds is 8. The van der Waals surface area contributed by atoms with Crippen LogP contribution in [0, 0.1) is 11.3 Å². The molecule has 0 saturated carbocycles. The van der Waals surface area contributed by atoms with E-state index in [1.807, 2.05) is 31.5 Å². The van der Waals surface area contributed by atoms with Crippen molar-refractivity contribution >= 4 is 52.0 Å². The van der Waals surface area contributed by atoms with Gasteiger partial charge < -0.3 is 29.2 Å². The summed E-state index contributed by atoms with van der Waals surface area (Å²) in [6.45, 7) is 20.4. The first-order chi connectivity index (χ1) is 32.0. The largest absolute Gasteiger partial charge is 0.464 e. The number of hydrazine groups is 1. The predicted molar refractivity (Wildman–Crippen MR) is 257 cm³/mol. The molecule has 1 aromatic carbocycles. The SMILES string of the molecule is C=CC(=O)N1CC2(C1)OCCCN2C(=O)N(C)[C@H](C(=O)N[C@H]1Cc2nc(cs2)-c2ccc3c(c2)c(c(-c2cccnc2C(C)C)n3CC)CC(C)(C)COC(=O)[C@@H]2CCCN(N2)C1=O)C(C)C. The van der Waals surface area contributed by atoms with Crippen molar-refractivity contribution in [1.29, 1.82) is 0 Å². The van der Waals surface area contributed by atoms with Crippen LogP contribution in [0.5, 0.6) is 0 Å². The Labute approximate surface area is 397 Å². The molecule has 6 bridgehead atoms. The van der Waals surface area contributed by atoms with E-state index in [4.69, 9.17) is 19.4 Å². The molecule has 1 spiro atoms. The third kappa shape index (κ3) is 9.34. The van der Waals surface area contributed by atoms with Crippen LogP contribution in [0.2, 0.25) is 0 Å². The quantitative estimate of drug-likeness (QED) is 0.155. The number of benzene rings is 1. The van der Waals surface area contributed by atoms with Crippen LogP contribution in [-0.2, 0) is 48.0 Å². The fraction of sp³-hybridized carbons (Fsp3) is 0.540. The van der Waals surface area contributed by atoms with Crippen molar-refractivity contribution in [3.05, 3.63) is 70.8 Å². The number of carbonyl (C=O) groups is 5. The lowest BCUT2D eigenvalue weighted by molar-refractivity contribution is -0.234. The molecule has 67 heavy (non-hydrogen) atoms. The molecular weight excluding hydrogens is 871 g/mol. The highest BCUT2D eigenvalue weighted by molar-refractivity contribution is 7.10. The molecule has 8 rings (SSSR count). The van der Waals surface area contributed by atoms with E-state index in [0.717, 1.165) is 51.2 Å². The summed E-state index contributed by atoms with van der Waals surface area (Å²) in [5.74, 6) is -1.81. The van der Waals surface area contributed by atoms with Crippen molar-refractivity contribution < 1.29 is 33.4 Å². The molecule has 0 unspecified atom stereocenters. The number of thiazole rings is 1. The summed E-state index contributed by atoms with van der Waals surface area (Å²) in [5, 5.41) is 8.16. The van der Waals surface area contributed by atoms with Crippen LogP contribution in [0.4, 0.5) is 4.79 Å². The van der Waals surface area contributed by atoms with E-state index in [1.165, 1.54) is 27.3 Å². The average molecular weight is 936 g/mol. The maximum Gasteiger partial charge on any atom is 0.324 e. The number of aromatic nitrogens is 3. The number of urea groups is 1. The first-order valence-corrected chi connectivity index (χ1v) is 24.5. The standard InChI is InChI=1S/C50H65N9O7S/c1-10-41(60)56-27-50(28-56)58(20-14-22-66-50)48(64)55(9)43(31(5)6)45(61)53-37-24-40-52-38(26-67-40)32-17-18-39-34(23-32)35(44(57(39)11-2)33-15-12-19-51-42(33)30(3)4)25-49(7,8)29-65-47(63)36-16-13-21-59(54-36)46(37)62/h10,12,15,17-19,23,26,30-31,36-37,43,54H,1,11,13-14,16,20-22,24-25,27-29H2,2-9H3,(H,53,61)/t36-,37-,43-/m0/s1. The van der Waals surface area contributed by atoms with E-state index in [9.17, 15) is 24.0 Å². The van der Waals surface area contributed by atoms with E-state index in [0.29, 0.717) is 50.4 Å². The predicted octanol–water partition coefficient (Wildman–Crippen LogP) is 6.14. The molecule has 358 valence electrons. The molecule has 4 aromatic rings. The summed E-state index contributed by atoms with van der Waals surface area (Å²) in [7, 11) is 1.59. The number of nitrogens with zero attached hydrogens (tertiary/aromatic N) is 7. The number of hydrogen-bond acceptors (Lipinski definition) is 11. The maximum atomic E-state index is 14.7. The third-order valence-electron chi connectivity index (χ3n) is 13.6. The molecule has 16 nitrogen and oxygen atoms in total. The van der Waals surface area contributed by atoms with Gasteiger partial charge in [0.05, 0.1) is 48.4 Å². The second-order valence-electron chi connectivity index (χ2n) is 19.8. The number of ether oxygens (including phenoxy) is 2. The molecular formula is C50H65N9O7S. The van der Waals surface area contributed by atoms with Gasteiger partial charge in [-0.25, -0.2) is 15.2 Å². The van der Waals surface area contributed by atoms with Gasteiger partial charge in [-0.05, 0) is 80.3 Å². The fourth-order valence-corrected chi connectivity index (χ4v) is 11.1. The summed E-state index contributed by atoms with van der Waals surface area (Å²) in [6.07, 6.45) is 5.37. The molecule has 17 heteroatoms.